The number of urea groups is 1. The maximum absolute atomic E-state index is 13.0. The van der Waals surface area contributed by atoms with Crippen LogP contribution in [0.25, 0.3) is 0 Å². The van der Waals surface area contributed by atoms with Crippen LogP contribution in [-0.2, 0) is 15.1 Å². The Morgan fingerprint density at radius 3 is 2.54 bits per heavy atom. The van der Waals surface area contributed by atoms with Gasteiger partial charge in [-0.05, 0) is 44.5 Å². The number of carbonyl (C=O) groups is 3. The van der Waals surface area contributed by atoms with Gasteiger partial charge in [-0.2, -0.15) is 5.26 Å². The summed E-state index contributed by atoms with van der Waals surface area (Å²) in [7, 11) is 0. The standard InChI is InChI=1S/C21H20N4O3/c1-13-7-9-16(10-8-13)21(3)19(27)25(20(28)24-21)14(2)18(26)23-17-6-4-5-15(11-17)12-22/h4-11,14H,1-3H3,(H,23,26)(H,24,28)/t14-,21+/m0/s1. The molecular formula is C21H20N4O3. The first kappa shape index (κ1) is 19.1. The van der Waals surface area contributed by atoms with E-state index in [-0.39, 0.29) is 0 Å². The number of aryl methyl sites for hydroxylation is 1. The third-order valence-electron chi connectivity index (χ3n) is 4.88. The minimum atomic E-state index is -1.24. The van der Waals surface area contributed by atoms with E-state index in [4.69, 9.17) is 5.26 Å². The van der Waals surface area contributed by atoms with Gasteiger partial charge in [-0.3, -0.25) is 9.59 Å². The first-order chi connectivity index (χ1) is 13.3. The topological polar surface area (TPSA) is 102 Å². The summed E-state index contributed by atoms with van der Waals surface area (Å²) < 4.78 is 0. The zero-order valence-electron chi connectivity index (χ0n) is 15.8. The second kappa shape index (κ2) is 7.16. The molecule has 0 bridgehead atoms. The third-order valence-corrected chi connectivity index (χ3v) is 4.88. The number of benzene rings is 2. The van der Waals surface area contributed by atoms with Crippen molar-refractivity contribution in [3.8, 4) is 6.07 Å². The molecule has 28 heavy (non-hydrogen) atoms. The molecule has 2 aromatic carbocycles. The number of amides is 4. The van der Waals surface area contributed by atoms with E-state index in [2.05, 4.69) is 10.6 Å². The van der Waals surface area contributed by atoms with Crippen LogP contribution in [0.3, 0.4) is 0 Å². The van der Waals surface area contributed by atoms with Crippen molar-refractivity contribution in [2.24, 2.45) is 0 Å². The molecular weight excluding hydrogens is 356 g/mol. The fourth-order valence-electron chi connectivity index (χ4n) is 3.13. The SMILES string of the molecule is Cc1ccc([C@@]2(C)NC(=O)N([C@@H](C)C(=O)Nc3cccc(C#N)c3)C2=O)cc1. The number of hydrogen-bond acceptors (Lipinski definition) is 4. The Kier molecular flexibility index (Phi) is 4.89. The van der Waals surface area contributed by atoms with Crippen LogP contribution in [0.1, 0.15) is 30.5 Å². The highest BCUT2D eigenvalue weighted by atomic mass is 16.2. The van der Waals surface area contributed by atoms with Crippen molar-refractivity contribution in [3.63, 3.8) is 0 Å². The van der Waals surface area contributed by atoms with E-state index in [9.17, 15) is 14.4 Å². The Hall–Kier alpha value is -3.66. The first-order valence-corrected chi connectivity index (χ1v) is 8.80. The zero-order chi connectivity index (χ0) is 20.5. The van der Waals surface area contributed by atoms with Crippen LogP contribution in [0, 0.1) is 18.3 Å². The molecule has 0 radical (unpaired) electrons. The van der Waals surface area contributed by atoms with Crippen LogP contribution in [0.15, 0.2) is 48.5 Å². The van der Waals surface area contributed by atoms with Gasteiger partial charge in [-0.25, -0.2) is 9.69 Å². The Balaban J connectivity index is 1.81. The summed E-state index contributed by atoms with van der Waals surface area (Å²) >= 11 is 0. The van der Waals surface area contributed by atoms with Crippen molar-refractivity contribution in [2.75, 3.05) is 5.32 Å². The van der Waals surface area contributed by atoms with Gasteiger partial charge in [0.1, 0.15) is 11.6 Å². The molecule has 0 spiro atoms. The Labute approximate surface area is 163 Å². The lowest BCUT2D eigenvalue weighted by atomic mass is 9.91. The van der Waals surface area contributed by atoms with E-state index >= 15 is 0 Å². The molecule has 0 saturated carbocycles. The third kappa shape index (κ3) is 3.32. The van der Waals surface area contributed by atoms with Gasteiger partial charge in [0.05, 0.1) is 11.6 Å². The van der Waals surface area contributed by atoms with E-state index in [1.165, 1.54) is 13.0 Å². The highest BCUT2D eigenvalue weighted by Gasteiger charge is 2.51. The molecule has 1 heterocycles. The van der Waals surface area contributed by atoms with E-state index in [1.54, 1.807) is 37.3 Å². The fourth-order valence-corrected chi connectivity index (χ4v) is 3.13. The molecule has 2 atom stereocenters. The van der Waals surface area contributed by atoms with Crippen molar-refractivity contribution in [1.82, 2.24) is 10.2 Å². The van der Waals surface area contributed by atoms with Crippen LogP contribution in [0.5, 0.6) is 0 Å². The number of imide groups is 1. The highest BCUT2D eigenvalue weighted by molar-refractivity contribution is 6.11. The molecule has 1 fully saturated rings. The van der Waals surface area contributed by atoms with Crippen LogP contribution in [0.4, 0.5) is 10.5 Å². The lowest BCUT2D eigenvalue weighted by molar-refractivity contribution is -0.136. The minimum Gasteiger partial charge on any atom is -0.324 e. The van der Waals surface area contributed by atoms with Crippen molar-refractivity contribution in [3.05, 3.63) is 65.2 Å². The summed E-state index contributed by atoms with van der Waals surface area (Å²) in [4.78, 5) is 39.1. The van der Waals surface area contributed by atoms with E-state index in [1.807, 2.05) is 25.1 Å². The van der Waals surface area contributed by atoms with Gasteiger partial charge in [0, 0.05) is 5.69 Å². The van der Waals surface area contributed by atoms with Gasteiger partial charge in [-0.15, -0.1) is 0 Å². The van der Waals surface area contributed by atoms with E-state index in [0.717, 1.165) is 10.5 Å². The number of rotatable bonds is 4. The lowest BCUT2D eigenvalue weighted by Gasteiger charge is -2.24. The largest absolute Gasteiger partial charge is 0.326 e. The second-order valence-corrected chi connectivity index (χ2v) is 6.95. The Morgan fingerprint density at radius 1 is 1.21 bits per heavy atom. The number of nitrogens with one attached hydrogen (secondary N) is 2. The van der Waals surface area contributed by atoms with E-state index < -0.39 is 29.4 Å². The number of nitrogens with zero attached hydrogens (tertiary/aromatic N) is 2. The Bertz CT molecular complexity index is 993. The molecule has 4 amide bonds. The van der Waals surface area contributed by atoms with Crippen molar-refractivity contribution in [1.29, 1.82) is 5.26 Å². The first-order valence-electron chi connectivity index (χ1n) is 8.80. The second-order valence-electron chi connectivity index (χ2n) is 6.95. The number of anilines is 1. The summed E-state index contributed by atoms with van der Waals surface area (Å²) in [6.07, 6.45) is 0. The normalized spacial score (nSPS) is 19.7. The predicted molar refractivity (Wildman–Crippen MR) is 103 cm³/mol. The summed E-state index contributed by atoms with van der Waals surface area (Å²) in [6, 6.07) is 14.1. The Morgan fingerprint density at radius 2 is 1.89 bits per heavy atom. The van der Waals surface area contributed by atoms with Gasteiger partial charge in [-0.1, -0.05) is 35.9 Å². The zero-order valence-corrected chi connectivity index (χ0v) is 15.8. The molecule has 2 aromatic rings. The van der Waals surface area contributed by atoms with E-state index in [0.29, 0.717) is 16.8 Å². The quantitative estimate of drug-likeness (QED) is 0.801. The van der Waals surface area contributed by atoms with Crippen LogP contribution in [-0.4, -0.2) is 28.8 Å². The molecule has 3 rings (SSSR count). The molecule has 2 N–H and O–H groups in total. The number of nitriles is 1. The van der Waals surface area contributed by atoms with Gasteiger partial charge in [0.15, 0.2) is 0 Å². The molecule has 1 saturated heterocycles. The van der Waals surface area contributed by atoms with Crippen LogP contribution >= 0.6 is 0 Å². The number of carbonyl (C=O) groups excluding carboxylic acids is 3. The molecule has 7 nitrogen and oxygen atoms in total. The molecule has 142 valence electrons. The monoisotopic (exact) mass is 376 g/mol. The van der Waals surface area contributed by atoms with Crippen molar-refractivity contribution >= 4 is 23.5 Å². The molecule has 0 aromatic heterocycles. The molecule has 7 heteroatoms. The maximum Gasteiger partial charge on any atom is 0.326 e. The highest BCUT2D eigenvalue weighted by Crippen LogP contribution is 2.30. The lowest BCUT2D eigenvalue weighted by Crippen LogP contribution is -2.47. The summed E-state index contributed by atoms with van der Waals surface area (Å²) in [5.41, 5.74) is 1.26. The average molecular weight is 376 g/mol. The van der Waals surface area contributed by atoms with Gasteiger partial charge >= 0.3 is 6.03 Å². The molecule has 1 aliphatic heterocycles. The van der Waals surface area contributed by atoms with Gasteiger partial charge in [0.2, 0.25) is 5.91 Å². The average Bonchev–Trinajstić information content (AvgIpc) is 2.91. The van der Waals surface area contributed by atoms with Crippen LogP contribution in [0.2, 0.25) is 0 Å². The molecule has 0 unspecified atom stereocenters. The van der Waals surface area contributed by atoms with Crippen LogP contribution < -0.4 is 10.6 Å². The van der Waals surface area contributed by atoms with Crippen molar-refractivity contribution in [2.45, 2.75) is 32.4 Å². The fraction of sp³-hybridized carbons (Fsp3) is 0.238. The summed E-state index contributed by atoms with van der Waals surface area (Å²) in [6.45, 7) is 5.04. The summed E-state index contributed by atoms with van der Waals surface area (Å²) in [5.74, 6) is -1.01. The maximum atomic E-state index is 13.0. The van der Waals surface area contributed by atoms with Crippen molar-refractivity contribution < 1.29 is 14.4 Å². The smallest absolute Gasteiger partial charge is 0.324 e. The van der Waals surface area contributed by atoms with Gasteiger partial charge in [0.25, 0.3) is 5.91 Å². The molecule has 1 aliphatic rings. The minimum absolute atomic E-state index is 0.396. The predicted octanol–water partition coefficient (Wildman–Crippen LogP) is 2.66. The van der Waals surface area contributed by atoms with Gasteiger partial charge < -0.3 is 10.6 Å². The number of hydrogen-bond donors (Lipinski definition) is 2. The summed E-state index contributed by atoms with van der Waals surface area (Å²) in [5, 5.41) is 14.3. The molecule has 0 aliphatic carbocycles.